The summed E-state index contributed by atoms with van der Waals surface area (Å²) in [5, 5.41) is 10.7. The monoisotopic (exact) mass is 430 g/mol. The van der Waals surface area contributed by atoms with E-state index in [1.807, 2.05) is 11.0 Å². The number of nitrogens with zero attached hydrogens (tertiary/aromatic N) is 5. The third-order valence-electron chi connectivity index (χ3n) is 4.75. The van der Waals surface area contributed by atoms with Gasteiger partial charge in [0.15, 0.2) is 11.0 Å². The molecule has 0 bridgehead atoms. The zero-order valence-corrected chi connectivity index (χ0v) is 17.2. The predicted octanol–water partition coefficient (Wildman–Crippen LogP) is 2.11. The van der Waals surface area contributed by atoms with Crippen LogP contribution in [0.15, 0.2) is 23.5 Å². The van der Waals surface area contributed by atoms with Crippen LogP contribution < -0.4 is 10.6 Å². The van der Waals surface area contributed by atoms with E-state index in [2.05, 4.69) is 14.3 Å². The van der Waals surface area contributed by atoms with Crippen molar-refractivity contribution in [1.82, 2.24) is 14.3 Å². The summed E-state index contributed by atoms with van der Waals surface area (Å²) in [6.45, 7) is 4.23. The summed E-state index contributed by atoms with van der Waals surface area (Å²) in [6, 6.07) is 1.97. The fourth-order valence-corrected chi connectivity index (χ4v) is 5.27. The van der Waals surface area contributed by atoms with Crippen LogP contribution in [0.5, 0.6) is 0 Å². The van der Waals surface area contributed by atoms with Gasteiger partial charge in [-0.3, -0.25) is 0 Å². The smallest absolute Gasteiger partial charge is 0.225 e. The number of rotatable bonds is 3. The van der Waals surface area contributed by atoms with Crippen molar-refractivity contribution in [3.63, 3.8) is 0 Å². The van der Waals surface area contributed by atoms with Crippen LogP contribution in [-0.2, 0) is 11.1 Å². The lowest BCUT2D eigenvalue weighted by Gasteiger charge is -2.32. The summed E-state index contributed by atoms with van der Waals surface area (Å²) in [5.41, 5.74) is 4.15. The molecular formula is C16H20ClFN6OS2. The molecule has 2 atom stereocenters. The molecule has 2 aromatic heterocycles. The molecule has 1 fully saturated rings. The number of anilines is 1. The van der Waals surface area contributed by atoms with Crippen LogP contribution in [0, 0.1) is 11.7 Å². The van der Waals surface area contributed by atoms with Gasteiger partial charge < -0.3 is 15.7 Å². The largest absolute Gasteiger partial charge is 0.384 e. The molecule has 0 amide bonds. The van der Waals surface area contributed by atoms with Gasteiger partial charge in [-0.15, -0.1) is 12.4 Å². The number of amidine groups is 1. The van der Waals surface area contributed by atoms with E-state index in [9.17, 15) is 9.50 Å². The molecule has 2 aromatic rings. The number of thioether (sulfide) groups is 1. The number of aromatic nitrogens is 3. The molecule has 0 aliphatic carbocycles. The molecule has 4 rings (SSSR count). The van der Waals surface area contributed by atoms with Gasteiger partial charge >= 0.3 is 0 Å². The van der Waals surface area contributed by atoms with Gasteiger partial charge in [0, 0.05) is 24.4 Å². The molecule has 0 aromatic carbocycles. The van der Waals surface area contributed by atoms with Gasteiger partial charge in [0.25, 0.3) is 0 Å². The fraction of sp³-hybridized carbons (Fsp3) is 0.500. The van der Waals surface area contributed by atoms with Gasteiger partial charge in [-0.25, -0.2) is 23.7 Å². The number of fused-ring (bicyclic) bond motifs is 1. The number of aliphatic imine (C=N–C) groups is 1. The quantitative estimate of drug-likeness (QED) is 0.769. The maximum Gasteiger partial charge on any atom is 0.225 e. The van der Waals surface area contributed by atoms with E-state index < -0.39 is 17.0 Å². The van der Waals surface area contributed by atoms with Crippen molar-refractivity contribution in [2.75, 3.05) is 23.7 Å². The van der Waals surface area contributed by atoms with E-state index in [1.54, 1.807) is 18.0 Å². The first-order valence-electron chi connectivity index (χ1n) is 8.19. The molecule has 0 spiro atoms. The molecule has 146 valence electrons. The van der Waals surface area contributed by atoms with Crippen molar-refractivity contribution >= 4 is 46.8 Å². The maximum atomic E-state index is 14.0. The predicted molar refractivity (Wildman–Crippen MR) is 108 cm³/mol. The topological polar surface area (TPSA) is 101 Å². The molecule has 7 nitrogen and oxygen atoms in total. The average molecular weight is 431 g/mol. The highest BCUT2D eigenvalue weighted by molar-refractivity contribution is 8.13. The highest BCUT2D eigenvalue weighted by atomic mass is 35.5. The van der Waals surface area contributed by atoms with Gasteiger partial charge in [0.05, 0.1) is 17.6 Å². The number of aliphatic hydroxyl groups is 1. The molecule has 4 heterocycles. The third kappa shape index (κ3) is 3.51. The standard InChI is InChI=1S/C16H19FN6OS2.ClH/c1-15(2,24)12-10(17)5-19-14(21-12)23-6-9-7-25-13(18)22-16(9,8-23)11-3-4-20-26-11;/h3-5,9,24H,6-8H2,1-2H3,(H2,18,22);1H/t9-,16?;/m0./s1. The van der Waals surface area contributed by atoms with Crippen molar-refractivity contribution in [3.8, 4) is 0 Å². The first kappa shape index (κ1) is 20.2. The molecule has 1 saturated heterocycles. The van der Waals surface area contributed by atoms with Crippen LogP contribution in [-0.4, -0.2) is 43.5 Å². The van der Waals surface area contributed by atoms with Crippen LogP contribution in [0.4, 0.5) is 10.3 Å². The zero-order chi connectivity index (χ0) is 18.5. The van der Waals surface area contributed by atoms with E-state index in [0.29, 0.717) is 24.2 Å². The molecule has 2 aliphatic rings. The van der Waals surface area contributed by atoms with Crippen molar-refractivity contribution < 1.29 is 9.50 Å². The van der Waals surface area contributed by atoms with Crippen LogP contribution >= 0.6 is 35.7 Å². The third-order valence-corrected chi connectivity index (χ3v) is 6.62. The summed E-state index contributed by atoms with van der Waals surface area (Å²) >= 11 is 2.96. The Hall–Kier alpha value is -1.49. The first-order valence-corrected chi connectivity index (χ1v) is 9.95. The molecule has 11 heteroatoms. The molecule has 3 N–H and O–H groups in total. The average Bonchev–Trinajstić information content (AvgIpc) is 3.22. The first-order chi connectivity index (χ1) is 12.3. The molecule has 2 aliphatic heterocycles. The second-order valence-electron chi connectivity index (χ2n) is 7.06. The Morgan fingerprint density at radius 1 is 1.44 bits per heavy atom. The van der Waals surface area contributed by atoms with Crippen LogP contribution in [0.1, 0.15) is 24.4 Å². The van der Waals surface area contributed by atoms with Crippen LogP contribution in [0.2, 0.25) is 0 Å². The van der Waals surface area contributed by atoms with Crippen LogP contribution in [0.25, 0.3) is 0 Å². The van der Waals surface area contributed by atoms with Crippen molar-refractivity contribution in [1.29, 1.82) is 0 Å². The minimum Gasteiger partial charge on any atom is -0.384 e. The second kappa shape index (κ2) is 7.16. The number of nitrogens with two attached hydrogens (primary N) is 1. The van der Waals surface area contributed by atoms with Crippen molar-refractivity contribution in [3.05, 3.63) is 34.8 Å². The lowest BCUT2D eigenvalue weighted by Crippen LogP contribution is -2.39. The Morgan fingerprint density at radius 3 is 2.89 bits per heavy atom. The Labute approximate surface area is 170 Å². The van der Waals surface area contributed by atoms with Gasteiger partial charge in [0.1, 0.15) is 16.8 Å². The zero-order valence-electron chi connectivity index (χ0n) is 14.8. The summed E-state index contributed by atoms with van der Waals surface area (Å²) < 4.78 is 18.3. The van der Waals surface area contributed by atoms with Gasteiger partial charge in [-0.2, -0.15) is 0 Å². The Morgan fingerprint density at radius 2 is 2.22 bits per heavy atom. The highest BCUT2D eigenvalue weighted by Gasteiger charge is 2.51. The SMILES string of the molecule is CC(C)(O)c1nc(N2C[C@H]3CSC(N)=NC3(c3ccns3)C2)ncc1F.Cl. The normalized spacial score (nSPS) is 25.0. The molecule has 1 unspecified atom stereocenters. The lowest BCUT2D eigenvalue weighted by molar-refractivity contribution is 0.0693. The van der Waals surface area contributed by atoms with Gasteiger partial charge in [-0.1, -0.05) is 11.8 Å². The highest BCUT2D eigenvalue weighted by Crippen LogP contribution is 2.47. The summed E-state index contributed by atoms with van der Waals surface area (Å²) in [5.74, 6) is 0.830. The lowest BCUT2D eigenvalue weighted by atomic mass is 9.87. The van der Waals surface area contributed by atoms with Crippen molar-refractivity contribution in [2.45, 2.75) is 25.0 Å². The van der Waals surface area contributed by atoms with E-state index in [0.717, 1.165) is 16.8 Å². The molecule has 0 radical (unpaired) electrons. The molecule has 0 saturated carbocycles. The second-order valence-corrected chi connectivity index (χ2v) is 8.94. The number of hydrogen-bond donors (Lipinski definition) is 2. The Balaban J connectivity index is 0.00000210. The summed E-state index contributed by atoms with van der Waals surface area (Å²) in [7, 11) is 0. The summed E-state index contributed by atoms with van der Waals surface area (Å²) in [4.78, 5) is 16.3. The van der Waals surface area contributed by atoms with E-state index in [1.165, 1.54) is 25.4 Å². The van der Waals surface area contributed by atoms with Gasteiger partial charge in [-0.05, 0) is 31.4 Å². The minimum atomic E-state index is -1.39. The molecule has 27 heavy (non-hydrogen) atoms. The fourth-order valence-electron chi connectivity index (χ4n) is 3.50. The maximum absolute atomic E-state index is 14.0. The Bertz CT molecular complexity index is 859. The van der Waals surface area contributed by atoms with Crippen LogP contribution in [0.3, 0.4) is 0 Å². The number of hydrogen-bond acceptors (Lipinski definition) is 9. The van der Waals surface area contributed by atoms with E-state index in [4.69, 9.17) is 10.7 Å². The summed E-state index contributed by atoms with van der Waals surface area (Å²) in [6.07, 6.45) is 2.88. The van der Waals surface area contributed by atoms with E-state index in [-0.39, 0.29) is 24.0 Å². The van der Waals surface area contributed by atoms with E-state index >= 15 is 0 Å². The number of halogens is 2. The minimum absolute atomic E-state index is 0. The van der Waals surface area contributed by atoms with Gasteiger partial charge in [0.2, 0.25) is 5.95 Å². The van der Waals surface area contributed by atoms with Crippen molar-refractivity contribution in [2.24, 2.45) is 16.6 Å². The molecular weight excluding hydrogens is 411 g/mol. The Kier molecular flexibility index (Phi) is 5.37.